The molecule has 7 nitrogen and oxygen atoms in total. The lowest BCUT2D eigenvalue weighted by atomic mass is 10.0. The Balaban J connectivity index is 1.24. The summed E-state index contributed by atoms with van der Waals surface area (Å²) >= 11 is 0. The van der Waals surface area contributed by atoms with E-state index in [0.717, 1.165) is 42.8 Å². The molecule has 1 unspecified atom stereocenters. The maximum absolute atomic E-state index is 13.2. The van der Waals surface area contributed by atoms with Gasteiger partial charge in [-0.25, -0.2) is 0 Å². The molecule has 0 spiro atoms. The summed E-state index contributed by atoms with van der Waals surface area (Å²) in [6, 6.07) is 13.4. The smallest absolute Gasteiger partial charge is 0.267 e. The van der Waals surface area contributed by atoms with Crippen molar-refractivity contribution in [3.8, 4) is 17.2 Å². The average Bonchev–Trinajstić information content (AvgIpc) is 3.29. The Labute approximate surface area is 187 Å². The topological polar surface area (TPSA) is 68.3 Å². The largest absolute Gasteiger partial charge is 0.491 e. The average molecular weight is 437 g/mol. The number of ether oxygens (including phenoxy) is 3. The number of hydrogen-bond acceptors (Lipinski definition) is 5. The monoisotopic (exact) mass is 436 g/mol. The first-order valence-corrected chi connectivity index (χ1v) is 11.4. The lowest BCUT2D eigenvalue weighted by Crippen LogP contribution is -2.46. The number of carbonyl (C=O) groups is 2. The van der Waals surface area contributed by atoms with Crippen molar-refractivity contribution in [3.05, 3.63) is 53.6 Å². The second-order valence-corrected chi connectivity index (χ2v) is 8.50. The van der Waals surface area contributed by atoms with Crippen LogP contribution in [-0.4, -0.2) is 60.6 Å². The molecule has 0 saturated carbocycles. The van der Waals surface area contributed by atoms with E-state index in [9.17, 15) is 9.59 Å². The van der Waals surface area contributed by atoms with E-state index in [-0.39, 0.29) is 18.4 Å². The van der Waals surface area contributed by atoms with E-state index in [4.69, 9.17) is 14.2 Å². The van der Waals surface area contributed by atoms with Crippen LogP contribution in [0.25, 0.3) is 0 Å². The van der Waals surface area contributed by atoms with Crippen molar-refractivity contribution in [2.45, 2.75) is 38.3 Å². The van der Waals surface area contributed by atoms with Crippen molar-refractivity contribution in [2.75, 3.05) is 32.8 Å². The van der Waals surface area contributed by atoms with E-state index < -0.39 is 6.10 Å². The van der Waals surface area contributed by atoms with Crippen molar-refractivity contribution in [1.29, 1.82) is 0 Å². The molecule has 0 aliphatic carbocycles. The first kappa shape index (κ1) is 20.7. The van der Waals surface area contributed by atoms with Gasteiger partial charge in [0.15, 0.2) is 11.5 Å². The van der Waals surface area contributed by atoms with Crippen molar-refractivity contribution in [3.63, 3.8) is 0 Å². The Kier molecular flexibility index (Phi) is 5.88. The fraction of sp³-hybridized carbons (Fsp3) is 0.440. The number of hydrogen-bond donors (Lipinski definition) is 0. The molecule has 0 bridgehead atoms. The zero-order chi connectivity index (χ0) is 21.9. The van der Waals surface area contributed by atoms with Crippen LogP contribution in [0.5, 0.6) is 17.2 Å². The number of likely N-dealkylation sites (tertiary alicyclic amines) is 1. The second-order valence-electron chi connectivity index (χ2n) is 8.50. The van der Waals surface area contributed by atoms with Gasteiger partial charge < -0.3 is 24.0 Å². The van der Waals surface area contributed by atoms with E-state index in [2.05, 4.69) is 6.07 Å². The van der Waals surface area contributed by atoms with Crippen LogP contribution in [-0.2, 0) is 22.6 Å². The zero-order valence-corrected chi connectivity index (χ0v) is 18.1. The minimum Gasteiger partial charge on any atom is -0.491 e. The summed E-state index contributed by atoms with van der Waals surface area (Å²) in [6.07, 6.45) is 2.73. The van der Waals surface area contributed by atoms with Gasteiger partial charge in [0.2, 0.25) is 12.0 Å². The number of benzene rings is 2. The highest BCUT2D eigenvalue weighted by molar-refractivity contribution is 5.82. The molecule has 2 amide bonds. The van der Waals surface area contributed by atoms with Gasteiger partial charge in [-0.15, -0.1) is 0 Å². The number of nitrogens with zero attached hydrogens (tertiary/aromatic N) is 2. The molecule has 3 aliphatic rings. The number of fused-ring (bicyclic) bond motifs is 2. The van der Waals surface area contributed by atoms with Crippen LogP contribution in [0, 0.1) is 0 Å². The fourth-order valence-electron chi connectivity index (χ4n) is 4.51. The van der Waals surface area contributed by atoms with Crippen LogP contribution in [0.1, 0.15) is 30.4 Å². The van der Waals surface area contributed by atoms with Gasteiger partial charge in [-0.3, -0.25) is 9.59 Å². The van der Waals surface area contributed by atoms with E-state index in [1.807, 2.05) is 41.3 Å². The molecule has 5 rings (SSSR count). The number of carbonyl (C=O) groups excluding carboxylic acids is 2. The lowest BCUT2D eigenvalue weighted by Gasteiger charge is -2.30. The van der Waals surface area contributed by atoms with Crippen LogP contribution < -0.4 is 14.2 Å². The molecular formula is C25H28N2O5. The molecule has 1 atom stereocenters. The Morgan fingerprint density at radius 3 is 2.56 bits per heavy atom. The summed E-state index contributed by atoms with van der Waals surface area (Å²) in [4.78, 5) is 29.3. The van der Waals surface area contributed by atoms with Gasteiger partial charge in [0.1, 0.15) is 19.0 Å². The summed E-state index contributed by atoms with van der Waals surface area (Å²) in [5.41, 5.74) is 2.04. The van der Waals surface area contributed by atoms with Gasteiger partial charge in [0.25, 0.3) is 5.91 Å². The first-order chi connectivity index (χ1) is 15.7. The third-order valence-electron chi connectivity index (χ3n) is 6.29. The van der Waals surface area contributed by atoms with Crippen molar-refractivity contribution in [2.24, 2.45) is 0 Å². The van der Waals surface area contributed by atoms with Gasteiger partial charge in [-0.2, -0.15) is 0 Å². The van der Waals surface area contributed by atoms with Crippen molar-refractivity contribution < 1.29 is 23.8 Å². The molecule has 1 saturated heterocycles. The first-order valence-electron chi connectivity index (χ1n) is 11.4. The second kappa shape index (κ2) is 9.10. The van der Waals surface area contributed by atoms with Crippen molar-refractivity contribution >= 4 is 11.8 Å². The minimum absolute atomic E-state index is 0.106. The van der Waals surface area contributed by atoms with Gasteiger partial charge in [0, 0.05) is 31.6 Å². The summed E-state index contributed by atoms with van der Waals surface area (Å²) in [6.45, 7) is 3.31. The Bertz CT molecular complexity index is 1000. The molecule has 2 aromatic rings. The van der Waals surface area contributed by atoms with E-state index in [1.165, 1.54) is 0 Å². The normalized spacial score (nSPS) is 19.7. The van der Waals surface area contributed by atoms with Gasteiger partial charge in [-0.05, 0) is 43.0 Å². The van der Waals surface area contributed by atoms with Gasteiger partial charge in [0.05, 0.1) is 6.54 Å². The molecule has 0 aromatic heterocycles. The van der Waals surface area contributed by atoms with E-state index >= 15 is 0 Å². The Morgan fingerprint density at radius 2 is 1.72 bits per heavy atom. The molecular weight excluding hydrogens is 408 g/mol. The van der Waals surface area contributed by atoms with E-state index in [1.54, 1.807) is 4.90 Å². The quantitative estimate of drug-likeness (QED) is 0.737. The van der Waals surface area contributed by atoms with Crippen LogP contribution >= 0.6 is 0 Å². The third-order valence-corrected chi connectivity index (χ3v) is 6.29. The SMILES string of the molecule is O=C(CCc1ccc2c(c1)CN(C(=O)C1COc3ccccc3O1)CCO2)N1CCCC1. The Hall–Kier alpha value is -3.22. The van der Waals surface area contributed by atoms with Crippen LogP contribution in [0.3, 0.4) is 0 Å². The molecule has 0 radical (unpaired) electrons. The molecule has 0 N–H and O–H groups in total. The minimum atomic E-state index is -0.673. The number of amides is 2. The number of rotatable bonds is 4. The van der Waals surface area contributed by atoms with Crippen LogP contribution in [0.2, 0.25) is 0 Å². The van der Waals surface area contributed by atoms with Crippen LogP contribution in [0.4, 0.5) is 0 Å². The Morgan fingerprint density at radius 1 is 0.906 bits per heavy atom. The standard InChI is InChI=1S/C25H28N2O5/c28-24(26-11-3-4-12-26)10-8-18-7-9-20-19(15-18)16-27(13-14-30-20)25(29)23-17-31-21-5-1-2-6-22(21)32-23/h1-2,5-7,9,15,23H,3-4,8,10-14,16-17H2. The molecule has 32 heavy (non-hydrogen) atoms. The summed E-state index contributed by atoms with van der Waals surface area (Å²) < 4.78 is 17.5. The summed E-state index contributed by atoms with van der Waals surface area (Å²) in [5, 5.41) is 0. The molecule has 2 aromatic carbocycles. The molecule has 3 heterocycles. The maximum atomic E-state index is 13.2. The third kappa shape index (κ3) is 4.38. The zero-order valence-electron chi connectivity index (χ0n) is 18.1. The predicted molar refractivity (Wildman–Crippen MR) is 118 cm³/mol. The maximum Gasteiger partial charge on any atom is 0.267 e. The number of para-hydroxylation sites is 2. The summed E-state index contributed by atoms with van der Waals surface area (Å²) in [5.74, 6) is 2.16. The molecule has 1 fully saturated rings. The highest BCUT2D eigenvalue weighted by Gasteiger charge is 2.32. The molecule has 168 valence electrons. The molecule has 7 heteroatoms. The summed E-state index contributed by atoms with van der Waals surface area (Å²) in [7, 11) is 0. The van der Waals surface area contributed by atoms with Crippen LogP contribution in [0.15, 0.2) is 42.5 Å². The van der Waals surface area contributed by atoms with Crippen molar-refractivity contribution in [1.82, 2.24) is 9.80 Å². The lowest BCUT2D eigenvalue weighted by molar-refractivity contribution is -0.142. The molecule has 3 aliphatic heterocycles. The number of aryl methyl sites for hydroxylation is 1. The fourth-order valence-corrected chi connectivity index (χ4v) is 4.51. The van der Waals surface area contributed by atoms with E-state index in [0.29, 0.717) is 44.0 Å². The highest BCUT2D eigenvalue weighted by atomic mass is 16.6. The predicted octanol–water partition coefficient (Wildman–Crippen LogP) is 2.80. The van der Waals surface area contributed by atoms with Gasteiger partial charge in [-0.1, -0.05) is 24.3 Å². The highest BCUT2D eigenvalue weighted by Crippen LogP contribution is 2.32. The van der Waals surface area contributed by atoms with Gasteiger partial charge >= 0.3 is 0 Å².